The summed E-state index contributed by atoms with van der Waals surface area (Å²) >= 11 is 0. The standard InChI is InChI=1S/C15H23NO2/c1-11-6-12(2)13(14(7-11)18-3)8-16-9-15(10-17)4-5-15/h6-7,16-17H,4-5,8-10H2,1-3H3. The zero-order valence-electron chi connectivity index (χ0n) is 11.5. The van der Waals surface area contributed by atoms with Crippen molar-refractivity contribution < 1.29 is 9.84 Å². The molecule has 1 aliphatic carbocycles. The summed E-state index contributed by atoms with van der Waals surface area (Å²) in [4.78, 5) is 0. The lowest BCUT2D eigenvalue weighted by atomic mass is 10.0. The number of rotatable bonds is 6. The van der Waals surface area contributed by atoms with Crippen LogP contribution in [-0.2, 0) is 6.54 Å². The quantitative estimate of drug-likeness (QED) is 0.812. The zero-order chi connectivity index (χ0) is 13.2. The summed E-state index contributed by atoms with van der Waals surface area (Å²) in [7, 11) is 1.72. The molecule has 18 heavy (non-hydrogen) atoms. The molecule has 0 unspecified atom stereocenters. The van der Waals surface area contributed by atoms with E-state index in [2.05, 4.69) is 31.3 Å². The van der Waals surface area contributed by atoms with Crippen LogP contribution in [0.2, 0.25) is 0 Å². The van der Waals surface area contributed by atoms with Crippen LogP contribution < -0.4 is 10.1 Å². The third kappa shape index (κ3) is 2.85. The number of aliphatic hydroxyl groups is 1. The molecule has 0 bridgehead atoms. The molecule has 0 atom stereocenters. The Morgan fingerprint density at radius 2 is 2.06 bits per heavy atom. The number of aliphatic hydroxyl groups excluding tert-OH is 1. The van der Waals surface area contributed by atoms with Crippen LogP contribution >= 0.6 is 0 Å². The van der Waals surface area contributed by atoms with Gasteiger partial charge < -0.3 is 15.2 Å². The van der Waals surface area contributed by atoms with Gasteiger partial charge in [0, 0.05) is 30.7 Å². The Hall–Kier alpha value is -1.06. The third-order valence-electron chi connectivity index (χ3n) is 3.89. The van der Waals surface area contributed by atoms with E-state index in [-0.39, 0.29) is 5.41 Å². The van der Waals surface area contributed by atoms with Gasteiger partial charge in [-0.05, 0) is 43.9 Å². The van der Waals surface area contributed by atoms with Gasteiger partial charge >= 0.3 is 0 Å². The lowest BCUT2D eigenvalue weighted by molar-refractivity contribution is 0.207. The molecule has 0 aromatic heterocycles. The Morgan fingerprint density at radius 1 is 1.33 bits per heavy atom. The Bertz CT molecular complexity index is 425. The van der Waals surface area contributed by atoms with Crippen molar-refractivity contribution in [2.45, 2.75) is 33.2 Å². The third-order valence-corrected chi connectivity index (χ3v) is 3.89. The first kappa shape index (κ1) is 13.4. The molecule has 1 saturated carbocycles. The number of hydrogen-bond acceptors (Lipinski definition) is 3. The molecular formula is C15H23NO2. The zero-order valence-corrected chi connectivity index (χ0v) is 11.5. The Balaban J connectivity index is 2.00. The number of ether oxygens (including phenoxy) is 1. The number of nitrogens with one attached hydrogen (secondary N) is 1. The summed E-state index contributed by atoms with van der Waals surface area (Å²) in [6, 6.07) is 4.25. The summed E-state index contributed by atoms with van der Waals surface area (Å²) in [6.07, 6.45) is 2.28. The van der Waals surface area contributed by atoms with Gasteiger partial charge in [0.05, 0.1) is 7.11 Å². The van der Waals surface area contributed by atoms with Crippen molar-refractivity contribution in [3.8, 4) is 5.75 Å². The maximum Gasteiger partial charge on any atom is 0.123 e. The second kappa shape index (κ2) is 5.29. The van der Waals surface area contributed by atoms with Crippen molar-refractivity contribution in [1.82, 2.24) is 5.32 Å². The molecule has 0 saturated heterocycles. The van der Waals surface area contributed by atoms with Gasteiger partial charge in [-0.25, -0.2) is 0 Å². The number of benzene rings is 1. The second-order valence-corrected chi connectivity index (χ2v) is 5.52. The highest BCUT2D eigenvalue weighted by molar-refractivity contribution is 5.42. The van der Waals surface area contributed by atoms with Crippen molar-refractivity contribution in [2.24, 2.45) is 5.41 Å². The minimum atomic E-state index is 0.159. The summed E-state index contributed by atoms with van der Waals surface area (Å²) in [5.41, 5.74) is 3.86. The van der Waals surface area contributed by atoms with E-state index in [1.807, 2.05) is 0 Å². The molecule has 0 amide bonds. The number of hydrogen-bond donors (Lipinski definition) is 2. The fraction of sp³-hybridized carbons (Fsp3) is 0.600. The van der Waals surface area contributed by atoms with Crippen LogP contribution in [0.25, 0.3) is 0 Å². The highest BCUT2D eigenvalue weighted by Gasteiger charge is 2.41. The molecule has 1 fully saturated rings. The molecule has 1 aromatic carbocycles. The first-order valence-electron chi connectivity index (χ1n) is 6.56. The van der Waals surface area contributed by atoms with Crippen molar-refractivity contribution in [1.29, 1.82) is 0 Å². The van der Waals surface area contributed by atoms with E-state index in [9.17, 15) is 5.11 Å². The summed E-state index contributed by atoms with van der Waals surface area (Å²) in [5, 5.41) is 12.7. The fourth-order valence-corrected chi connectivity index (χ4v) is 2.39. The van der Waals surface area contributed by atoms with E-state index in [0.29, 0.717) is 6.61 Å². The molecule has 0 radical (unpaired) electrons. The van der Waals surface area contributed by atoms with Crippen molar-refractivity contribution in [3.05, 3.63) is 28.8 Å². The minimum Gasteiger partial charge on any atom is -0.496 e. The van der Waals surface area contributed by atoms with Crippen LogP contribution in [0.3, 0.4) is 0 Å². The average molecular weight is 249 g/mol. The smallest absolute Gasteiger partial charge is 0.123 e. The van der Waals surface area contributed by atoms with E-state index in [0.717, 1.165) is 31.7 Å². The van der Waals surface area contributed by atoms with Crippen LogP contribution in [0, 0.1) is 19.3 Å². The van der Waals surface area contributed by atoms with Crippen LogP contribution in [0.4, 0.5) is 0 Å². The van der Waals surface area contributed by atoms with Crippen LogP contribution in [-0.4, -0.2) is 25.4 Å². The molecule has 1 aliphatic rings. The van der Waals surface area contributed by atoms with Crippen molar-refractivity contribution in [3.63, 3.8) is 0 Å². The molecule has 2 rings (SSSR count). The number of aryl methyl sites for hydroxylation is 2. The monoisotopic (exact) mass is 249 g/mol. The van der Waals surface area contributed by atoms with E-state index < -0.39 is 0 Å². The van der Waals surface area contributed by atoms with Crippen LogP contribution in [0.5, 0.6) is 5.75 Å². The predicted molar refractivity (Wildman–Crippen MR) is 72.9 cm³/mol. The van der Waals surface area contributed by atoms with Gasteiger partial charge in [-0.3, -0.25) is 0 Å². The average Bonchev–Trinajstić information content (AvgIpc) is 3.12. The first-order chi connectivity index (χ1) is 8.60. The Labute approximate surface area is 109 Å². The molecule has 0 heterocycles. The lowest BCUT2D eigenvalue weighted by Crippen LogP contribution is -2.26. The Morgan fingerprint density at radius 3 is 2.61 bits per heavy atom. The van der Waals surface area contributed by atoms with E-state index >= 15 is 0 Å². The lowest BCUT2D eigenvalue weighted by Gasteiger charge is -2.16. The molecule has 0 spiro atoms. The summed E-state index contributed by atoms with van der Waals surface area (Å²) < 4.78 is 5.44. The molecule has 100 valence electrons. The predicted octanol–water partition coefficient (Wildman–Crippen LogP) is 2.17. The highest BCUT2D eigenvalue weighted by Crippen LogP contribution is 2.44. The van der Waals surface area contributed by atoms with Crippen molar-refractivity contribution >= 4 is 0 Å². The Kier molecular flexibility index (Phi) is 3.93. The van der Waals surface area contributed by atoms with E-state index in [1.54, 1.807) is 7.11 Å². The molecule has 1 aromatic rings. The normalized spacial score (nSPS) is 16.7. The molecule has 3 heteroatoms. The first-order valence-corrected chi connectivity index (χ1v) is 6.56. The van der Waals surface area contributed by atoms with E-state index in [4.69, 9.17) is 4.74 Å². The van der Waals surface area contributed by atoms with Gasteiger partial charge in [0.15, 0.2) is 0 Å². The largest absolute Gasteiger partial charge is 0.496 e. The maximum atomic E-state index is 9.28. The van der Waals surface area contributed by atoms with Gasteiger partial charge in [0.1, 0.15) is 5.75 Å². The van der Waals surface area contributed by atoms with Gasteiger partial charge in [-0.1, -0.05) is 6.07 Å². The van der Waals surface area contributed by atoms with Gasteiger partial charge in [-0.15, -0.1) is 0 Å². The SMILES string of the molecule is COc1cc(C)cc(C)c1CNCC1(CO)CC1. The second-order valence-electron chi connectivity index (χ2n) is 5.52. The highest BCUT2D eigenvalue weighted by atomic mass is 16.5. The van der Waals surface area contributed by atoms with Gasteiger partial charge in [0.25, 0.3) is 0 Å². The summed E-state index contributed by atoms with van der Waals surface area (Å²) in [5.74, 6) is 0.953. The van der Waals surface area contributed by atoms with Crippen LogP contribution in [0.15, 0.2) is 12.1 Å². The molecule has 0 aliphatic heterocycles. The number of methoxy groups -OCH3 is 1. The fourth-order valence-electron chi connectivity index (χ4n) is 2.39. The topological polar surface area (TPSA) is 41.5 Å². The van der Waals surface area contributed by atoms with Crippen molar-refractivity contribution in [2.75, 3.05) is 20.3 Å². The van der Waals surface area contributed by atoms with Gasteiger partial charge in [-0.2, -0.15) is 0 Å². The summed E-state index contributed by atoms with van der Waals surface area (Å²) in [6.45, 7) is 6.18. The van der Waals surface area contributed by atoms with E-state index in [1.165, 1.54) is 16.7 Å². The van der Waals surface area contributed by atoms with Gasteiger partial charge in [0.2, 0.25) is 0 Å². The molecular weight excluding hydrogens is 226 g/mol. The molecule has 3 nitrogen and oxygen atoms in total. The molecule has 2 N–H and O–H groups in total. The maximum absolute atomic E-state index is 9.28. The minimum absolute atomic E-state index is 0.159. The van der Waals surface area contributed by atoms with Crippen LogP contribution in [0.1, 0.15) is 29.5 Å².